The Morgan fingerprint density at radius 3 is 2.39 bits per heavy atom. The fraction of sp³-hybridized carbons (Fsp3) is 0.250. The molecule has 0 aromatic heterocycles. The summed E-state index contributed by atoms with van der Waals surface area (Å²) in [6, 6.07) is 14.0. The number of rotatable bonds is 4. The molecule has 94 valence electrons. The highest BCUT2D eigenvalue weighted by Gasteiger charge is 2.13. The second-order valence-corrected chi connectivity index (χ2v) is 4.16. The van der Waals surface area contributed by atoms with E-state index in [1.807, 2.05) is 36.4 Å². The van der Waals surface area contributed by atoms with E-state index in [1.165, 1.54) is 5.56 Å². The Kier molecular flexibility index (Phi) is 4.00. The van der Waals surface area contributed by atoms with Crippen molar-refractivity contribution in [3.63, 3.8) is 0 Å². The molecule has 1 N–H and O–H groups in total. The molecule has 0 bridgehead atoms. The third kappa shape index (κ3) is 2.24. The van der Waals surface area contributed by atoms with Crippen LogP contribution in [0.5, 0.6) is 5.75 Å². The van der Waals surface area contributed by atoms with Gasteiger partial charge < -0.3 is 9.84 Å². The van der Waals surface area contributed by atoms with Gasteiger partial charge in [0.2, 0.25) is 0 Å². The van der Waals surface area contributed by atoms with Crippen LogP contribution in [0.2, 0.25) is 0 Å². The van der Waals surface area contributed by atoms with E-state index >= 15 is 0 Å². The lowest BCUT2D eigenvalue weighted by atomic mass is 9.93. The van der Waals surface area contributed by atoms with Gasteiger partial charge in [-0.2, -0.15) is 0 Å². The van der Waals surface area contributed by atoms with Gasteiger partial charge in [0.05, 0.1) is 13.7 Å². The van der Waals surface area contributed by atoms with Crippen LogP contribution in [0.4, 0.5) is 0 Å². The lowest BCUT2D eigenvalue weighted by Crippen LogP contribution is -1.96. The fourth-order valence-electron chi connectivity index (χ4n) is 2.25. The summed E-state index contributed by atoms with van der Waals surface area (Å²) in [5, 5.41) is 9.47. The van der Waals surface area contributed by atoms with Gasteiger partial charge in [-0.1, -0.05) is 43.3 Å². The van der Waals surface area contributed by atoms with Gasteiger partial charge in [-0.3, -0.25) is 0 Å². The van der Waals surface area contributed by atoms with Crippen LogP contribution < -0.4 is 4.74 Å². The number of hydrogen-bond donors (Lipinski definition) is 1. The van der Waals surface area contributed by atoms with Crippen molar-refractivity contribution < 1.29 is 9.84 Å². The van der Waals surface area contributed by atoms with E-state index in [2.05, 4.69) is 13.0 Å². The van der Waals surface area contributed by atoms with Crippen LogP contribution in [0.25, 0.3) is 11.1 Å². The number of ether oxygens (including phenoxy) is 1. The number of aliphatic hydroxyl groups excluding tert-OH is 1. The van der Waals surface area contributed by atoms with Crippen LogP contribution in [0, 0.1) is 0 Å². The molecule has 2 aromatic carbocycles. The van der Waals surface area contributed by atoms with Crippen molar-refractivity contribution >= 4 is 0 Å². The fourth-order valence-corrected chi connectivity index (χ4v) is 2.25. The first-order valence-electron chi connectivity index (χ1n) is 6.16. The smallest absolute Gasteiger partial charge is 0.126 e. The Hall–Kier alpha value is -1.80. The zero-order chi connectivity index (χ0) is 13.0. The number of aryl methyl sites for hydroxylation is 1. The molecule has 2 aromatic rings. The van der Waals surface area contributed by atoms with E-state index in [9.17, 15) is 5.11 Å². The topological polar surface area (TPSA) is 29.5 Å². The maximum Gasteiger partial charge on any atom is 0.126 e. The van der Waals surface area contributed by atoms with Crippen LogP contribution in [0.1, 0.15) is 18.1 Å². The van der Waals surface area contributed by atoms with Crippen molar-refractivity contribution in [3.8, 4) is 16.9 Å². The Balaban J connectivity index is 2.68. The minimum atomic E-state index is 0.0391. The van der Waals surface area contributed by atoms with Crippen LogP contribution >= 0.6 is 0 Å². The quantitative estimate of drug-likeness (QED) is 0.890. The molecule has 0 spiro atoms. The summed E-state index contributed by atoms with van der Waals surface area (Å²) < 4.78 is 5.46. The first-order chi connectivity index (χ1) is 8.81. The first kappa shape index (κ1) is 12.7. The first-order valence-corrected chi connectivity index (χ1v) is 6.16. The Morgan fingerprint density at radius 2 is 1.72 bits per heavy atom. The van der Waals surface area contributed by atoms with E-state index < -0.39 is 0 Å². The van der Waals surface area contributed by atoms with Gasteiger partial charge in [0.25, 0.3) is 0 Å². The molecule has 0 fully saturated rings. The van der Waals surface area contributed by atoms with Gasteiger partial charge >= 0.3 is 0 Å². The molecule has 2 heteroatoms. The molecule has 0 amide bonds. The molecule has 2 rings (SSSR count). The lowest BCUT2D eigenvalue weighted by Gasteiger charge is -2.15. The van der Waals surface area contributed by atoms with Gasteiger partial charge in [-0.15, -0.1) is 0 Å². The standard InChI is InChI=1S/C16H18O2/c1-3-12-8-6-10-15(18-2)16(12)14-9-5-4-7-13(14)11-17/h4-10,17H,3,11H2,1-2H3. The summed E-state index contributed by atoms with van der Waals surface area (Å²) in [6.07, 6.45) is 0.937. The molecule has 0 saturated carbocycles. The SMILES string of the molecule is CCc1cccc(OC)c1-c1ccccc1CO. The predicted molar refractivity (Wildman–Crippen MR) is 73.7 cm³/mol. The lowest BCUT2D eigenvalue weighted by molar-refractivity contribution is 0.282. The minimum absolute atomic E-state index is 0.0391. The predicted octanol–water partition coefficient (Wildman–Crippen LogP) is 3.42. The van der Waals surface area contributed by atoms with Gasteiger partial charge in [0.1, 0.15) is 5.75 Å². The average molecular weight is 242 g/mol. The third-order valence-corrected chi connectivity index (χ3v) is 3.17. The molecular formula is C16H18O2. The van der Waals surface area contributed by atoms with E-state index in [0.717, 1.165) is 28.9 Å². The minimum Gasteiger partial charge on any atom is -0.496 e. The molecule has 0 radical (unpaired) electrons. The summed E-state index contributed by atoms with van der Waals surface area (Å²) in [5.74, 6) is 0.857. The Labute approximate surface area is 108 Å². The highest BCUT2D eigenvalue weighted by atomic mass is 16.5. The summed E-state index contributed by atoms with van der Waals surface area (Å²) in [7, 11) is 1.68. The molecule has 0 unspecified atom stereocenters. The van der Waals surface area contributed by atoms with Crippen molar-refractivity contribution in [2.24, 2.45) is 0 Å². The number of hydrogen-bond acceptors (Lipinski definition) is 2. The largest absolute Gasteiger partial charge is 0.496 e. The van der Waals surface area contributed by atoms with Crippen molar-refractivity contribution in [3.05, 3.63) is 53.6 Å². The molecule has 0 atom stereocenters. The maximum atomic E-state index is 9.47. The van der Waals surface area contributed by atoms with E-state index in [4.69, 9.17) is 4.74 Å². The normalized spacial score (nSPS) is 10.4. The van der Waals surface area contributed by atoms with Gasteiger partial charge in [-0.05, 0) is 29.2 Å². The van der Waals surface area contributed by atoms with Crippen LogP contribution in [0.15, 0.2) is 42.5 Å². The highest BCUT2D eigenvalue weighted by Crippen LogP contribution is 2.35. The average Bonchev–Trinajstić information content (AvgIpc) is 2.46. The highest BCUT2D eigenvalue weighted by molar-refractivity contribution is 5.76. The molecule has 0 aliphatic heterocycles. The van der Waals surface area contributed by atoms with Crippen molar-refractivity contribution in [2.45, 2.75) is 20.0 Å². The molecule has 0 aliphatic rings. The monoisotopic (exact) mass is 242 g/mol. The van der Waals surface area contributed by atoms with Crippen LogP contribution in [-0.2, 0) is 13.0 Å². The second-order valence-electron chi connectivity index (χ2n) is 4.16. The van der Waals surface area contributed by atoms with Crippen LogP contribution in [0.3, 0.4) is 0 Å². The van der Waals surface area contributed by atoms with Gasteiger partial charge in [-0.25, -0.2) is 0 Å². The number of benzene rings is 2. The molecule has 2 nitrogen and oxygen atoms in total. The molecular weight excluding hydrogens is 224 g/mol. The number of aliphatic hydroxyl groups is 1. The van der Waals surface area contributed by atoms with Crippen molar-refractivity contribution in [1.29, 1.82) is 0 Å². The second kappa shape index (κ2) is 5.69. The summed E-state index contributed by atoms with van der Waals surface area (Å²) >= 11 is 0. The summed E-state index contributed by atoms with van der Waals surface area (Å²) in [6.45, 7) is 2.16. The Bertz CT molecular complexity index is 510. The van der Waals surface area contributed by atoms with Crippen molar-refractivity contribution in [2.75, 3.05) is 7.11 Å². The van der Waals surface area contributed by atoms with E-state index in [1.54, 1.807) is 7.11 Å². The molecule has 0 aliphatic carbocycles. The van der Waals surface area contributed by atoms with Crippen LogP contribution in [-0.4, -0.2) is 12.2 Å². The molecule has 0 heterocycles. The van der Waals surface area contributed by atoms with Gasteiger partial charge in [0, 0.05) is 5.56 Å². The number of methoxy groups -OCH3 is 1. The van der Waals surface area contributed by atoms with E-state index in [-0.39, 0.29) is 6.61 Å². The zero-order valence-corrected chi connectivity index (χ0v) is 10.8. The summed E-state index contributed by atoms with van der Waals surface area (Å²) in [5.41, 5.74) is 4.30. The maximum absolute atomic E-state index is 9.47. The van der Waals surface area contributed by atoms with Gasteiger partial charge in [0.15, 0.2) is 0 Å². The van der Waals surface area contributed by atoms with E-state index in [0.29, 0.717) is 0 Å². The van der Waals surface area contributed by atoms with Crippen molar-refractivity contribution in [1.82, 2.24) is 0 Å². The molecule has 18 heavy (non-hydrogen) atoms. The molecule has 0 saturated heterocycles. The summed E-state index contributed by atoms with van der Waals surface area (Å²) in [4.78, 5) is 0. The third-order valence-electron chi connectivity index (χ3n) is 3.17. The Morgan fingerprint density at radius 1 is 1.00 bits per heavy atom. The zero-order valence-electron chi connectivity index (χ0n) is 10.8.